The number of benzene rings is 1. The zero-order valence-electron chi connectivity index (χ0n) is 9.06. The summed E-state index contributed by atoms with van der Waals surface area (Å²) in [5.74, 6) is -1.78. The van der Waals surface area contributed by atoms with E-state index in [0.29, 0.717) is 6.42 Å². The van der Waals surface area contributed by atoms with E-state index >= 15 is 0 Å². The Morgan fingerprint density at radius 2 is 1.93 bits per heavy atom. The van der Waals surface area contributed by atoms with Gasteiger partial charge in [0.15, 0.2) is 11.6 Å². The molecule has 84 valence electrons. The van der Waals surface area contributed by atoms with Crippen LogP contribution in [-0.2, 0) is 0 Å². The first kappa shape index (κ1) is 12.1. The van der Waals surface area contributed by atoms with E-state index in [2.05, 4.69) is 0 Å². The first-order valence-corrected chi connectivity index (χ1v) is 5.20. The number of aliphatic hydroxyl groups is 1. The normalized spacial score (nSPS) is 12.9. The summed E-state index contributed by atoms with van der Waals surface area (Å²) in [5, 5.41) is 9.64. The lowest BCUT2D eigenvalue weighted by Gasteiger charge is -2.12. The average Bonchev–Trinajstić information content (AvgIpc) is 2.23. The maximum absolute atomic E-state index is 13.4. The van der Waals surface area contributed by atoms with Crippen LogP contribution in [0, 0.1) is 18.6 Å². The molecule has 1 nitrogen and oxygen atoms in total. The molecule has 1 N–H and O–H groups in total. The van der Waals surface area contributed by atoms with E-state index in [1.165, 1.54) is 19.1 Å². The first-order chi connectivity index (χ1) is 7.07. The molecule has 0 heterocycles. The summed E-state index contributed by atoms with van der Waals surface area (Å²) in [6.07, 6.45) is 1.29. The zero-order chi connectivity index (χ0) is 11.4. The number of hydrogen-bond donors (Lipinski definition) is 1. The van der Waals surface area contributed by atoms with Crippen LogP contribution in [-0.4, -0.2) is 5.11 Å². The molecule has 1 unspecified atom stereocenters. The molecule has 0 aliphatic heterocycles. The maximum atomic E-state index is 13.4. The monoisotopic (exact) mass is 214 g/mol. The van der Waals surface area contributed by atoms with Crippen LogP contribution in [0.1, 0.15) is 43.4 Å². The molecule has 1 atom stereocenters. The second-order valence-electron chi connectivity index (χ2n) is 3.76. The predicted molar refractivity (Wildman–Crippen MR) is 55.6 cm³/mol. The number of aryl methyl sites for hydroxylation is 1. The summed E-state index contributed by atoms with van der Waals surface area (Å²) in [7, 11) is 0. The van der Waals surface area contributed by atoms with Crippen molar-refractivity contribution in [1.29, 1.82) is 0 Å². The van der Waals surface area contributed by atoms with E-state index in [1.54, 1.807) is 0 Å². The topological polar surface area (TPSA) is 20.2 Å². The van der Waals surface area contributed by atoms with Gasteiger partial charge in [-0.1, -0.05) is 31.9 Å². The average molecular weight is 214 g/mol. The lowest BCUT2D eigenvalue weighted by Crippen LogP contribution is -2.03. The van der Waals surface area contributed by atoms with E-state index in [4.69, 9.17) is 0 Å². The lowest BCUT2D eigenvalue weighted by atomic mass is 10.0. The van der Waals surface area contributed by atoms with Crippen LogP contribution in [0.25, 0.3) is 0 Å². The van der Waals surface area contributed by atoms with Gasteiger partial charge in [0.2, 0.25) is 0 Å². The molecule has 0 saturated carbocycles. The molecule has 0 spiro atoms. The SMILES string of the molecule is CCCCC(O)c1ccc(C)c(F)c1F. The van der Waals surface area contributed by atoms with E-state index in [-0.39, 0.29) is 11.1 Å². The third-order valence-electron chi connectivity index (χ3n) is 2.50. The molecular formula is C12H16F2O. The molecule has 1 rings (SSSR count). The van der Waals surface area contributed by atoms with Crippen molar-refractivity contribution in [3.05, 3.63) is 34.9 Å². The van der Waals surface area contributed by atoms with Gasteiger partial charge in [0.05, 0.1) is 6.10 Å². The predicted octanol–water partition coefficient (Wildman–Crippen LogP) is 3.50. The molecule has 0 saturated heterocycles. The van der Waals surface area contributed by atoms with Crippen LogP contribution < -0.4 is 0 Å². The number of hydrogen-bond acceptors (Lipinski definition) is 1. The van der Waals surface area contributed by atoms with E-state index in [1.807, 2.05) is 6.92 Å². The van der Waals surface area contributed by atoms with Gasteiger partial charge in [-0.15, -0.1) is 0 Å². The summed E-state index contributed by atoms with van der Waals surface area (Å²) in [5.41, 5.74) is 0.325. The maximum Gasteiger partial charge on any atom is 0.164 e. The fourth-order valence-electron chi connectivity index (χ4n) is 1.47. The van der Waals surface area contributed by atoms with Crippen LogP contribution in [0.5, 0.6) is 0 Å². The highest BCUT2D eigenvalue weighted by Crippen LogP contribution is 2.25. The number of halogens is 2. The summed E-state index contributed by atoms with van der Waals surface area (Å²) in [6, 6.07) is 2.94. The van der Waals surface area contributed by atoms with Crippen molar-refractivity contribution in [3.8, 4) is 0 Å². The van der Waals surface area contributed by atoms with Crippen LogP contribution in [0.2, 0.25) is 0 Å². The van der Waals surface area contributed by atoms with E-state index < -0.39 is 17.7 Å². The Morgan fingerprint density at radius 3 is 2.53 bits per heavy atom. The van der Waals surface area contributed by atoms with Gasteiger partial charge in [-0.3, -0.25) is 0 Å². The van der Waals surface area contributed by atoms with Crippen LogP contribution >= 0.6 is 0 Å². The van der Waals surface area contributed by atoms with Crippen molar-refractivity contribution >= 4 is 0 Å². The third kappa shape index (κ3) is 2.75. The van der Waals surface area contributed by atoms with Crippen LogP contribution in [0.4, 0.5) is 8.78 Å². The number of rotatable bonds is 4. The zero-order valence-corrected chi connectivity index (χ0v) is 9.06. The highest BCUT2D eigenvalue weighted by atomic mass is 19.2. The number of unbranched alkanes of at least 4 members (excludes halogenated alkanes) is 1. The molecular weight excluding hydrogens is 198 g/mol. The van der Waals surface area contributed by atoms with Crippen molar-refractivity contribution in [2.24, 2.45) is 0 Å². The molecule has 0 aliphatic rings. The third-order valence-corrected chi connectivity index (χ3v) is 2.50. The molecule has 3 heteroatoms. The summed E-state index contributed by atoms with van der Waals surface area (Å²) < 4.78 is 26.6. The summed E-state index contributed by atoms with van der Waals surface area (Å²) in [6.45, 7) is 3.49. The van der Waals surface area contributed by atoms with Gasteiger partial charge in [0.25, 0.3) is 0 Å². The Bertz CT molecular complexity index is 337. The van der Waals surface area contributed by atoms with Gasteiger partial charge >= 0.3 is 0 Å². The Kier molecular flexibility index (Phi) is 4.21. The minimum absolute atomic E-state index is 0.0616. The standard InChI is InChI=1S/C12H16F2O/c1-3-4-5-10(15)9-7-6-8(2)11(13)12(9)14/h6-7,10,15H,3-5H2,1-2H3. The fourth-order valence-corrected chi connectivity index (χ4v) is 1.47. The second kappa shape index (κ2) is 5.21. The molecule has 0 bridgehead atoms. The minimum Gasteiger partial charge on any atom is -0.388 e. The quantitative estimate of drug-likeness (QED) is 0.813. The first-order valence-electron chi connectivity index (χ1n) is 5.20. The molecule has 0 radical (unpaired) electrons. The van der Waals surface area contributed by atoms with E-state index in [9.17, 15) is 13.9 Å². The lowest BCUT2D eigenvalue weighted by molar-refractivity contribution is 0.158. The summed E-state index contributed by atoms with van der Waals surface area (Å²) in [4.78, 5) is 0. The Hall–Kier alpha value is -0.960. The van der Waals surface area contributed by atoms with Gasteiger partial charge in [0.1, 0.15) is 0 Å². The van der Waals surface area contributed by atoms with Gasteiger partial charge in [-0.2, -0.15) is 0 Å². The number of aliphatic hydroxyl groups excluding tert-OH is 1. The Balaban J connectivity index is 2.90. The summed E-state index contributed by atoms with van der Waals surface area (Å²) >= 11 is 0. The molecule has 0 fully saturated rings. The molecule has 0 aromatic heterocycles. The molecule has 15 heavy (non-hydrogen) atoms. The van der Waals surface area contributed by atoms with Crippen molar-refractivity contribution in [3.63, 3.8) is 0 Å². The highest BCUT2D eigenvalue weighted by molar-refractivity contribution is 5.26. The molecule has 1 aromatic carbocycles. The molecule has 1 aromatic rings. The van der Waals surface area contributed by atoms with Crippen LogP contribution in [0.3, 0.4) is 0 Å². The Morgan fingerprint density at radius 1 is 1.27 bits per heavy atom. The molecule has 0 amide bonds. The van der Waals surface area contributed by atoms with Gasteiger partial charge in [0, 0.05) is 5.56 Å². The van der Waals surface area contributed by atoms with Crippen molar-refractivity contribution in [1.82, 2.24) is 0 Å². The second-order valence-corrected chi connectivity index (χ2v) is 3.76. The van der Waals surface area contributed by atoms with Crippen molar-refractivity contribution < 1.29 is 13.9 Å². The minimum atomic E-state index is -0.918. The highest BCUT2D eigenvalue weighted by Gasteiger charge is 2.16. The molecule has 0 aliphatic carbocycles. The van der Waals surface area contributed by atoms with Gasteiger partial charge < -0.3 is 5.11 Å². The van der Waals surface area contributed by atoms with Crippen LogP contribution in [0.15, 0.2) is 12.1 Å². The Labute approximate surface area is 88.7 Å². The fraction of sp³-hybridized carbons (Fsp3) is 0.500. The van der Waals surface area contributed by atoms with Crippen molar-refractivity contribution in [2.75, 3.05) is 0 Å². The van der Waals surface area contributed by atoms with Crippen molar-refractivity contribution in [2.45, 2.75) is 39.2 Å². The van der Waals surface area contributed by atoms with Gasteiger partial charge in [-0.25, -0.2) is 8.78 Å². The largest absolute Gasteiger partial charge is 0.388 e. The smallest absolute Gasteiger partial charge is 0.164 e. The van der Waals surface area contributed by atoms with Gasteiger partial charge in [-0.05, 0) is 18.9 Å². The van der Waals surface area contributed by atoms with E-state index in [0.717, 1.165) is 12.8 Å².